The van der Waals surface area contributed by atoms with Crippen molar-refractivity contribution in [2.45, 2.75) is 13.1 Å². The third-order valence-electron chi connectivity index (χ3n) is 2.33. The van der Waals surface area contributed by atoms with E-state index in [9.17, 15) is 13.2 Å². The van der Waals surface area contributed by atoms with E-state index in [1.165, 1.54) is 12.5 Å². The number of aromatic nitrogens is 1. The van der Waals surface area contributed by atoms with Crippen molar-refractivity contribution in [3.63, 3.8) is 0 Å². The van der Waals surface area contributed by atoms with Crippen LogP contribution in [0, 0.1) is 0 Å². The molecule has 2 heterocycles. The first-order valence-electron chi connectivity index (χ1n) is 5.36. The third kappa shape index (κ3) is 2.64. The number of furan rings is 1. The average molecular weight is 256 g/mol. The summed E-state index contributed by atoms with van der Waals surface area (Å²) < 4.78 is 43.1. The van der Waals surface area contributed by atoms with Crippen LogP contribution in [-0.4, -0.2) is 11.5 Å². The highest BCUT2D eigenvalue weighted by Crippen LogP contribution is 2.33. The van der Waals surface area contributed by atoms with Crippen molar-refractivity contribution in [1.29, 1.82) is 0 Å². The first kappa shape index (κ1) is 12.5. The van der Waals surface area contributed by atoms with Gasteiger partial charge in [0.2, 0.25) is 0 Å². The van der Waals surface area contributed by atoms with Gasteiger partial charge in [0.1, 0.15) is 5.82 Å². The Kier molecular flexibility index (Phi) is 3.27. The molecule has 96 valence electrons. The lowest BCUT2D eigenvalue weighted by Crippen LogP contribution is -2.08. The van der Waals surface area contributed by atoms with Gasteiger partial charge in [-0.3, -0.25) is 0 Å². The molecule has 2 aromatic rings. The van der Waals surface area contributed by atoms with Crippen molar-refractivity contribution in [2.24, 2.45) is 0 Å². The van der Waals surface area contributed by atoms with E-state index >= 15 is 0 Å². The SMILES string of the molecule is CCNc1cc(C(F)(F)F)cc(-c2ccoc2)n1. The van der Waals surface area contributed by atoms with Crippen LogP contribution in [0.4, 0.5) is 19.0 Å². The highest BCUT2D eigenvalue weighted by Gasteiger charge is 2.31. The van der Waals surface area contributed by atoms with Gasteiger partial charge in [-0.2, -0.15) is 13.2 Å². The molecule has 2 aromatic heterocycles. The molecule has 2 rings (SSSR count). The molecule has 6 heteroatoms. The Bertz CT molecular complexity index is 521. The summed E-state index contributed by atoms with van der Waals surface area (Å²) in [7, 11) is 0. The number of anilines is 1. The number of pyridine rings is 1. The molecule has 1 N–H and O–H groups in total. The molecule has 0 amide bonds. The van der Waals surface area contributed by atoms with Crippen LogP contribution in [-0.2, 0) is 6.18 Å². The van der Waals surface area contributed by atoms with Crippen LogP contribution in [0.25, 0.3) is 11.3 Å². The molecule has 0 unspecified atom stereocenters. The lowest BCUT2D eigenvalue weighted by molar-refractivity contribution is -0.137. The zero-order valence-electron chi connectivity index (χ0n) is 9.58. The minimum Gasteiger partial charge on any atom is -0.472 e. The first-order chi connectivity index (χ1) is 8.50. The molecule has 0 aliphatic heterocycles. The van der Waals surface area contributed by atoms with E-state index in [0.717, 1.165) is 12.1 Å². The van der Waals surface area contributed by atoms with Gasteiger partial charge in [0, 0.05) is 12.1 Å². The summed E-state index contributed by atoms with van der Waals surface area (Å²) in [5.41, 5.74) is 0.0134. The van der Waals surface area contributed by atoms with Gasteiger partial charge >= 0.3 is 6.18 Å². The number of nitrogens with zero attached hydrogens (tertiary/aromatic N) is 1. The molecular weight excluding hydrogens is 245 g/mol. The highest BCUT2D eigenvalue weighted by molar-refractivity contribution is 5.61. The van der Waals surface area contributed by atoms with Crippen LogP contribution in [0.3, 0.4) is 0 Å². The van der Waals surface area contributed by atoms with Crippen LogP contribution < -0.4 is 5.32 Å². The Morgan fingerprint density at radius 1 is 1.33 bits per heavy atom. The van der Waals surface area contributed by atoms with E-state index in [4.69, 9.17) is 4.42 Å². The molecule has 0 radical (unpaired) electrons. The maximum Gasteiger partial charge on any atom is 0.416 e. The number of nitrogens with one attached hydrogen (secondary N) is 1. The number of hydrogen-bond acceptors (Lipinski definition) is 3. The second-order valence-electron chi connectivity index (χ2n) is 3.67. The molecule has 0 atom stereocenters. The Balaban J connectivity index is 2.50. The van der Waals surface area contributed by atoms with Crippen LogP contribution in [0.2, 0.25) is 0 Å². The monoisotopic (exact) mass is 256 g/mol. The predicted octanol–water partition coefficient (Wildman–Crippen LogP) is 3.79. The Morgan fingerprint density at radius 2 is 2.11 bits per heavy atom. The van der Waals surface area contributed by atoms with Crippen LogP contribution in [0.15, 0.2) is 35.1 Å². The van der Waals surface area contributed by atoms with Crippen molar-refractivity contribution >= 4 is 5.82 Å². The Labute approximate surface area is 102 Å². The molecular formula is C12H11F3N2O. The van der Waals surface area contributed by atoms with Gasteiger partial charge in [0.25, 0.3) is 0 Å². The molecule has 3 nitrogen and oxygen atoms in total. The first-order valence-corrected chi connectivity index (χ1v) is 5.36. The molecule has 0 aromatic carbocycles. The Morgan fingerprint density at radius 3 is 2.67 bits per heavy atom. The van der Waals surface area contributed by atoms with Gasteiger partial charge in [-0.25, -0.2) is 4.98 Å². The molecule has 0 saturated carbocycles. The van der Waals surface area contributed by atoms with Gasteiger partial charge in [-0.15, -0.1) is 0 Å². The van der Waals surface area contributed by atoms with E-state index in [2.05, 4.69) is 10.3 Å². The molecule has 0 spiro atoms. The summed E-state index contributed by atoms with van der Waals surface area (Å²) in [5, 5.41) is 2.78. The lowest BCUT2D eigenvalue weighted by Gasteiger charge is -2.11. The Hall–Kier alpha value is -1.98. The summed E-state index contributed by atoms with van der Waals surface area (Å²) in [4.78, 5) is 4.11. The molecule has 0 aliphatic carbocycles. The quantitative estimate of drug-likeness (QED) is 0.907. The molecule has 18 heavy (non-hydrogen) atoms. The standard InChI is InChI=1S/C12H11F3N2O/c1-2-16-11-6-9(12(13,14)15)5-10(17-11)8-3-4-18-7-8/h3-7H,2H2,1H3,(H,16,17). The smallest absolute Gasteiger partial charge is 0.416 e. The van der Waals surface area contributed by atoms with Crippen molar-refractivity contribution in [3.8, 4) is 11.3 Å². The summed E-state index contributed by atoms with van der Waals surface area (Å²) in [5.74, 6) is 0.198. The molecule has 0 bridgehead atoms. The number of hydrogen-bond donors (Lipinski definition) is 1. The number of rotatable bonds is 3. The van der Waals surface area contributed by atoms with Crippen molar-refractivity contribution in [1.82, 2.24) is 4.98 Å². The van der Waals surface area contributed by atoms with Crippen molar-refractivity contribution in [3.05, 3.63) is 36.3 Å². The largest absolute Gasteiger partial charge is 0.472 e. The van der Waals surface area contributed by atoms with E-state index in [0.29, 0.717) is 12.1 Å². The lowest BCUT2D eigenvalue weighted by atomic mass is 10.1. The summed E-state index contributed by atoms with van der Waals surface area (Å²) in [6.45, 7) is 2.29. The zero-order chi connectivity index (χ0) is 13.2. The normalized spacial score (nSPS) is 11.6. The maximum absolute atomic E-state index is 12.8. The minimum absolute atomic E-state index is 0.198. The second kappa shape index (κ2) is 4.72. The van der Waals surface area contributed by atoms with Crippen LogP contribution in [0.5, 0.6) is 0 Å². The third-order valence-corrected chi connectivity index (χ3v) is 2.33. The fourth-order valence-corrected chi connectivity index (χ4v) is 1.52. The van der Waals surface area contributed by atoms with Gasteiger partial charge in [0.15, 0.2) is 0 Å². The number of halogens is 3. The minimum atomic E-state index is -4.40. The fourth-order valence-electron chi connectivity index (χ4n) is 1.52. The fraction of sp³-hybridized carbons (Fsp3) is 0.250. The van der Waals surface area contributed by atoms with E-state index < -0.39 is 11.7 Å². The molecule has 0 fully saturated rings. The molecule has 0 saturated heterocycles. The average Bonchev–Trinajstić information content (AvgIpc) is 2.81. The number of alkyl halides is 3. The van der Waals surface area contributed by atoms with Crippen LogP contribution in [0.1, 0.15) is 12.5 Å². The van der Waals surface area contributed by atoms with Gasteiger partial charge in [-0.1, -0.05) is 0 Å². The maximum atomic E-state index is 12.8. The van der Waals surface area contributed by atoms with Crippen molar-refractivity contribution in [2.75, 3.05) is 11.9 Å². The predicted molar refractivity (Wildman–Crippen MR) is 61.1 cm³/mol. The zero-order valence-corrected chi connectivity index (χ0v) is 9.58. The highest BCUT2D eigenvalue weighted by atomic mass is 19.4. The van der Waals surface area contributed by atoms with Crippen LogP contribution >= 0.6 is 0 Å². The van der Waals surface area contributed by atoms with Gasteiger partial charge < -0.3 is 9.73 Å². The second-order valence-corrected chi connectivity index (χ2v) is 3.67. The van der Waals surface area contributed by atoms with E-state index in [1.807, 2.05) is 0 Å². The van der Waals surface area contributed by atoms with Gasteiger partial charge in [-0.05, 0) is 25.1 Å². The van der Waals surface area contributed by atoms with E-state index in [1.54, 1.807) is 13.0 Å². The van der Waals surface area contributed by atoms with Gasteiger partial charge in [0.05, 0.1) is 23.8 Å². The molecule has 0 aliphatic rings. The van der Waals surface area contributed by atoms with E-state index in [-0.39, 0.29) is 11.5 Å². The summed E-state index contributed by atoms with van der Waals surface area (Å²) in [6, 6.07) is 3.57. The topological polar surface area (TPSA) is 38.1 Å². The summed E-state index contributed by atoms with van der Waals surface area (Å²) in [6.07, 6.45) is -1.64. The summed E-state index contributed by atoms with van der Waals surface area (Å²) >= 11 is 0. The van der Waals surface area contributed by atoms with Crippen molar-refractivity contribution < 1.29 is 17.6 Å².